The Kier molecular flexibility index (Phi) is 4.73. The van der Waals surface area contributed by atoms with E-state index in [9.17, 15) is 14.9 Å². The Bertz CT molecular complexity index is 859. The molecule has 2 aromatic carbocycles. The van der Waals surface area contributed by atoms with Crippen molar-refractivity contribution in [3.05, 3.63) is 70.2 Å². The smallest absolute Gasteiger partial charge is 0.327 e. The molecule has 0 amide bonds. The summed E-state index contributed by atoms with van der Waals surface area (Å²) >= 11 is 3.40. The van der Waals surface area contributed by atoms with Crippen molar-refractivity contribution in [2.75, 3.05) is 6.61 Å². The summed E-state index contributed by atoms with van der Waals surface area (Å²) in [6, 6.07) is 18.2. The fourth-order valence-electron chi connectivity index (χ4n) is 3.37. The third-order valence-electron chi connectivity index (χ3n) is 4.55. The Morgan fingerprint density at radius 1 is 1.20 bits per heavy atom. The van der Waals surface area contributed by atoms with E-state index >= 15 is 0 Å². The monoisotopic (exact) mass is 397 g/mol. The van der Waals surface area contributed by atoms with Gasteiger partial charge in [0.2, 0.25) is 0 Å². The van der Waals surface area contributed by atoms with Crippen molar-refractivity contribution in [3.63, 3.8) is 0 Å². The number of ether oxygens (including phenoxy) is 1. The molecule has 1 aliphatic carbocycles. The molecule has 1 saturated carbocycles. The van der Waals surface area contributed by atoms with Crippen molar-refractivity contribution in [1.29, 1.82) is 5.26 Å². The Balaban J connectivity index is 2.06. The number of rotatable bonds is 5. The summed E-state index contributed by atoms with van der Waals surface area (Å²) in [4.78, 5) is 25.6. The molecule has 0 radical (unpaired) electrons. The minimum Gasteiger partial charge on any atom is -0.465 e. The number of hydrogen-bond donors (Lipinski definition) is 0. The van der Waals surface area contributed by atoms with E-state index in [-0.39, 0.29) is 12.4 Å². The summed E-state index contributed by atoms with van der Waals surface area (Å²) in [5.74, 6) is -2.09. The molecular weight excluding hydrogens is 382 g/mol. The van der Waals surface area contributed by atoms with Crippen molar-refractivity contribution in [1.82, 2.24) is 0 Å². The number of ketones is 1. The molecule has 3 rings (SSSR count). The molecule has 0 saturated heterocycles. The number of carbonyl (C=O) groups excluding carboxylic acids is 2. The molecular formula is C20H16BrNO3. The quantitative estimate of drug-likeness (QED) is 0.562. The van der Waals surface area contributed by atoms with Crippen LogP contribution in [-0.4, -0.2) is 18.4 Å². The largest absolute Gasteiger partial charge is 0.465 e. The van der Waals surface area contributed by atoms with Gasteiger partial charge in [0.15, 0.2) is 11.2 Å². The van der Waals surface area contributed by atoms with E-state index in [0.29, 0.717) is 5.56 Å². The van der Waals surface area contributed by atoms with E-state index < -0.39 is 23.2 Å². The average Bonchev–Trinajstić information content (AvgIpc) is 3.32. The van der Waals surface area contributed by atoms with Crippen LogP contribution in [-0.2, 0) is 9.53 Å². The SMILES string of the molecule is CCOC(=O)C1(C#N)C(C(=O)c2ccccc2)C1c1cccc(Br)c1. The fourth-order valence-corrected chi connectivity index (χ4v) is 3.79. The molecule has 0 N–H and O–H groups in total. The Morgan fingerprint density at radius 3 is 2.52 bits per heavy atom. The molecule has 0 spiro atoms. The highest BCUT2D eigenvalue weighted by Gasteiger charge is 2.75. The zero-order chi connectivity index (χ0) is 18.0. The van der Waals surface area contributed by atoms with E-state index in [0.717, 1.165) is 10.0 Å². The first-order valence-electron chi connectivity index (χ1n) is 7.99. The van der Waals surface area contributed by atoms with Gasteiger partial charge in [-0.15, -0.1) is 0 Å². The van der Waals surface area contributed by atoms with Gasteiger partial charge in [0.25, 0.3) is 0 Å². The minimum absolute atomic E-state index is 0.166. The first-order valence-corrected chi connectivity index (χ1v) is 8.78. The van der Waals surface area contributed by atoms with E-state index in [1.807, 2.05) is 30.3 Å². The molecule has 0 aliphatic heterocycles. The molecule has 4 nitrogen and oxygen atoms in total. The molecule has 5 heteroatoms. The van der Waals surface area contributed by atoms with Crippen molar-refractivity contribution >= 4 is 27.7 Å². The third kappa shape index (κ3) is 2.87. The van der Waals surface area contributed by atoms with Gasteiger partial charge in [0.1, 0.15) is 0 Å². The lowest BCUT2D eigenvalue weighted by molar-refractivity contribution is -0.147. The highest BCUT2D eigenvalue weighted by molar-refractivity contribution is 9.10. The molecule has 0 heterocycles. The number of Topliss-reactive ketones (excluding diaryl/α,β-unsaturated/α-hetero) is 1. The van der Waals surface area contributed by atoms with Crippen molar-refractivity contribution in [3.8, 4) is 6.07 Å². The van der Waals surface area contributed by atoms with Gasteiger partial charge in [-0.05, 0) is 24.6 Å². The Hall–Kier alpha value is -2.45. The highest BCUT2D eigenvalue weighted by Crippen LogP contribution is 2.66. The van der Waals surface area contributed by atoms with Gasteiger partial charge in [-0.2, -0.15) is 5.26 Å². The first kappa shape index (κ1) is 17.4. The summed E-state index contributed by atoms with van der Waals surface area (Å²) in [5, 5.41) is 9.81. The molecule has 25 heavy (non-hydrogen) atoms. The topological polar surface area (TPSA) is 67.2 Å². The zero-order valence-electron chi connectivity index (χ0n) is 13.6. The van der Waals surface area contributed by atoms with E-state index in [2.05, 4.69) is 22.0 Å². The number of halogens is 1. The van der Waals surface area contributed by atoms with Crippen LogP contribution in [0.25, 0.3) is 0 Å². The molecule has 126 valence electrons. The van der Waals surface area contributed by atoms with Gasteiger partial charge in [0.05, 0.1) is 18.6 Å². The third-order valence-corrected chi connectivity index (χ3v) is 5.05. The maximum absolute atomic E-state index is 13.0. The first-order chi connectivity index (χ1) is 12.1. The zero-order valence-corrected chi connectivity index (χ0v) is 15.2. The van der Waals surface area contributed by atoms with Crippen LogP contribution in [0.2, 0.25) is 0 Å². The standard InChI is InChI=1S/C20H16BrNO3/c1-2-25-19(24)20(12-22)16(14-9-6-10-15(21)11-14)17(20)18(23)13-7-4-3-5-8-13/h3-11,16-17H,2H2,1H3. The van der Waals surface area contributed by atoms with E-state index in [1.165, 1.54) is 0 Å². The maximum Gasteiger partial charge on any atom is 0.327 e. The second-order valence-electron chi connectivity index (χ2n) is 5.94. The minimum atomic E-state index is -1.47. The van der Waals surface area contributed by atoms with Crippen LogP contribution in [0, 0.1) is 22.7 Å². The van der Waals surface area contributed by atoms with Crippen molar-refractivity contribution < 1.29 is 14.3 Å². The molecule has 1 fully saturated rings. The second kappa shape index (κ2) is 6.81. The van der Waals surface area contributed by atoms with Crippen molar-refractivity contribution in [2.45, 2.75) is 12.8 Å². The molecule has 0 aromatic heterocycles. The summed E-state index contributed by atoms with van der Waals surface area (Å²) in [5.41, 5.74) is -0.198. The lowest BCUT2D eigenvalue weighted by atomic mass is 9.99. The number of hydrogen-bond acceptors (Lipinski definition) is 4. The normalized spacial score (nSPS) is 24.2. The van der Waals surface area contributed by atoms with Crippen LogP contribution in [0.4, 0.5) is 0 Å². The molecule has 1 aliphatic rings. The number of nitriles is 1. The highest BCUT2D eigenvalue weighted by atomic mass is 79.9. The van der Waals surface area contributed by atoms with Crippen LogP contribution in [0.5, 0.6) is 0 Å². The van der Waals surface area contributed by atoms with Crippen molar-refractivity contribution in [2.24, 2.45) is 11.3 Å². The number of benzene rings is 2. The number of nitrogens with zero attached hydrogens (tertiary/aromatic N) is 1. The Labute approximate surface area is 154 Å². The lowest BCUT2D eigenvalue weighted by Gasteiger charge is -2.08. The predicted molar refractivity (Wildman–Crippen MR) is 95.8 cm³/mol. The van der Waals surface area contributed by atoms with Crippen LogP contribution in [0.3, 0.4) is 0 Å². The average molecular weight is 398 g/mol. The summed E-state index contributed by atoms with van der Waals surface area (Å²) in [6.45, 7) is 1.85. The van der Waals surface area contributed by atoms with Gasteiger partial charge in [-0.1, -0.05) is 58.4 Å². The van der Waals surface area contributed by atoms with E-state index in [4.69, 9.17) is 4.74 Å². The lowest BCUT2D eigenvalue weighted by Crippen LogP contribution is -2.23. The maximum atomic E-state index is 13.0. The second-order valence-corrected chi connectivity index (χ2v) is 6.86. The fraction of sp³-hybridized carbons (Fsp3) is 0.250. The van der Waals surface area contributed by atoms with Crippen LogP contribution in [0.15, 0.2) is 59.1 Å². The predicted octanol–water partition coefficient (Wildman–Crippen LogP) is 4.12. The van der Waals surface area contributed by atoms with E-state index in [1.54, 1.807) is 31.2 Å². The van der Waals surface area contributed by atoms with Crippen LogP contribution >= 0.6 is 15.9 Å². The number of esters is 1. The number of carbonyl (C=O) groups is 2. The summed E-state index contributed by atoms with van der Waals surface area (Å²) < 4.78 is 5.96. The van der Waals surface area contributed by atoms with Crippen LogP contribution < -0.4 is 0 Å². The molecule has 0 bridgehead atoms. The van der Waals surface area contributed by atoms with Gasteiger partial charge >= 0.3 is 5.97 Å². The van der Waals surface area contributed by atoms with Gasteiger partial charge in [0, 0.05) is 16.0 Å². The molecule has 3 atom stereocenters. The Morgan fingerprint density at radius 2 is 1.92 bits per heavy atom. The van der Waals surface area contributed by atoms with Gasteiger partial charge in [-0.25, -0.2) is 0 Å². The molecule has 3 unspecified atom stereocenters. The van der Waals surface area contributed by atoms with Crippen LogP contribution in [0.1, 0.15) is 28.8 Å². The van der Waals surface area contributed by atoms with Gasteiger partial charge < -0.3 is 4.74 Å². The summed E-state index contributed by atoms with van der Waals surface area (Å²) in [6.07, 6.45) is 0. The van der Waals surface area contributed by atoms with Gasteiger partial charge in [-0.3, -0.25) is 9.59 Å². The summed E-state index contributed by atoms with van der Waals surface area (Å²) in [7, 11) is 0. The molecule has 2 aromatic rings.